The molecule has 1 fully saturated rings. The van der Waals surface area contributed by atoms with E-state index >= 15 is 0 Å². The largest absolute Gasteiger partial charge is 0.481 e. The van der Waals surface area contributed by atoms with Crippen LogP contribution in [0.1, 0.15) is 40.0 Å². The van der Waals surface area contributed by atoms with Gasteiger partial charge in [0.25, 0.3) is 8.32 Å². The minimum atomic E-state index is -2.65. The predicted molar refractivity (Wildman–Crippen MR) is 155 cm³/mol. The van der Waals surface area contributed by atoms with Crippen molar-refractivity contribution in [2.75, 3.05) is 6.61 Å². The van der Waals surface area contributed by atoms with Crippen molar-refractivity contribution in [1.29, 1.82) is 0 Å². The molecule has 0 aromatic heterocycles. The van der Waals surface area contributed by atoms with Crippen molar-refractivity contribution in [2.24, 2.45) is 5.92 Å². The Hall–Kier alpha value is -2.87. The molecule has 0 unspecified atom stereocenters. The Morgan fingerprint density at radius 3 is 1.95 bits per heavy atom. The summed E-state index contributed by atoms with van der Waals surface area (Å²) in [5.74, 6) is -1.64. The molecule has 0 spiro atoms. The number of ether oxygens (including phenoxy) is 1. The van der Waals surface area contributed by atoms with Crippen molar-refractivity contribution in [2.45, 2.75) is 61.3 Å². The summed E-state index contributed by atoms with van der Waals surface area (Å²) in [7, 11) is -2.65. The van der Waals surface area contributed by atoms with Gasteiger partial charge in [0.1, 0.15) is 11.4 Å². The van der Waals surface area contributed by atoms with Crippen molar-refractivity contribution in [3.63, 3.8) is 0 Å². The maximum atomic E-state index is 12.8. The highest BCUT2D eigenvalue weighted by Gasteiger charge is 2.50. The second kappa shape index (κ2) is 12.3. The molecule has 3 aromatic rings. The molecular weight excluding hydrogens is 512 g/mol. The van der Waals surface area contributed by atoms with Gasteiger partial charge in [0.15, 0.2) is 0 Å². The lowest BCUT2D eigenvalue weighted by atomic mass is 9.94. The Morgan fingerprint density at radius 2 is 1.45 bits per heavy atom. The fraction of sp³-hybridized carbons (Fsp3) is 0.355. The molecule has 1 aliphatic heterocycles. The van der Waals surface area contributed by atoms with E-state index < -0.39 is 31.6 Å². The minimum Gasteiger partial charge on any atom is -0.481 e. The fourth-order valence-corrected chi connectivity index (χ4v) is 11.3. The van der Waals surface area contributed by atoms with Gasteiger partial charge in [-0.25, -0.2) is 0 Å². The Labute approximate surface area is 230 Å². The number of carboxylic acid groups (broad SMARTS) is 1. The maximum absolute atomic E-state index is 12.8. The number of thioether (sulfide) groups is 1. The second-order valence-electron chi connectivity index (χ2n) is 10.7. The average molecular weight is 549 g/mol. The normalized spacial score (nSPS) is 19.8. The number of cyclic esters (lactones) is 1. The standard InChI is InChI=1S/C31H36O5SSi/c1-31(2,3)38(24-16-9-5-10-17-24,25-18-11-6-12-19-25)35-21-13-20-27-26(22-28(32)33)29(30(34)36-27)37-23-14-7-4-8-15-23/h4-12,14-19,26-27,29H,13,20-22H2,1-3H3,(H,32,33)/t26-,27-,29+/m1/s1. The molecule has 4 rings (SSSR count). The molecule has 0 amide bonds. The summed E-state index contributed by atoms with van der Waals surface area (Å²) in [5, 5.41) is 11.4. The van der Waals surface area contributed by atoms with Crippen LogP contribution in [0.15, 0.2) is 95.9 Å². The van der Waals surface area contributed by atoms with E-state index in [-0.39, 0.29) is 17.4 Å². The first kappa shape index (κ1) is 28.1. The van der Waals surface area contributed by atoms with Crippen LogP contribution in [0.2, 0.25) is 5.04 Å². The van der Waals surface area contributed by atoms with E-state index in [4.69, 9.17) is 9.16 Å². The fourth-order valence-electron chi connectivity index (χ4n) is 5.44. The molecule has 200 valence electrons. The molecule has 5 nitrogen and oxygen atoms in total. The smallest absolute Gasteiger partial charge is 0.320 e. The Kier molecular flexibility index (Phi) is 9.13. The Bertz CT molecular complexity index is 1160. The number of carbonyl (C=O) groups is 2. The van der Waals surface area contributed by atoms with Gasteiger partial charge < -0.3 is 14.3 Å². The van der Waals surface area contributed by atoms with Crippen LogP contribution in [0.25, 0.3) is 0 Å². The van der Waals surface area contributed by atoms with E-state index in [2.05, 4.69) is 69.3 Å². The lowest BCUT2D eigenvalue weighted by Gasteiger charge is -2.43. The van der Waals surface area contributed by atoms with Gasteiger partial charge in [-0.15, -0.1) is 11.8 Å². The number of hydrogen-bond acceptors (Lipinski definition) is 5. The zero-order chi connectivity index (χ0) is 27.2. The number of benzene rings is 3. The molecule has 1 N–H and O–H groups in total. The molecule has 3 atom stereocenters. The van der Waals surface area contributed by atoms with Crippen LogP contribution in [0.5, 0.6) is 0 Å². The average Bonchev–Trinajstić information content (AvgIpc) is 3.18. The lowest BCUT2D eigenvalue weighted by Crippen LogP contribution is -2.66. The topological polar surface area (TPSA) is 72.8 Å². The first-order valence-electron chi connectivity index (χ1n) is 13.1. The molecule has 38 heavy (non-hydrogen) atoms. The van der Waals surface area contributed by atoms with Crippen molar-refractivity contribution in [3.05, 3.63) is 91.0 Å². The van der Waals surface area contributed by atoms with Crippen LogP contribution in [-0.4, -0.2) is 43.3 Å². The highest BCUT2D eigenvalue weighted by atomic mass is 32.2. The summed E-state index contributed by atoms with van der Waals surface area (Å²) in [6.45, 7) is 7.22. The van der Waals surface area contributed by atoms with Crippen molar-refractivity contribution in [1.82, 2.24) is 0 Å². The molecule has 0 radical (unpaired) electrons. The number of hydrogen-bond donors (Lipinski definition) is 1. The van der Waals surface area contributed by atoms with Crippen LogP contribution < -0.4 is 10.4 Å². The highest BCUT2D eigenvalue weighted by molar-refractivity contribution is 8.00. The number of aliphatic carboxylic acids is 1. The minimum absolute atomic E-state index is 0.101. The van der Waals surface area contributed by atoms with Gasteiger partial charge in [0.05, 0.1) is 6.42 Å². The predicted octanol–water partition coefficient (Wildman–Crippen LogP) is 5.52. The van der Waals surface area contributed by atoms with Crippen LogP contribution in [0, 0.1) is 5.92 Å². The number of carbonyl (C=O) groups excluding carboxylic acids is 1. The summed E-state index contributed by atoms with van der Waals surface area (Å²) in [6.07, 6.45) is 0.688. The van der Waals surface area contributed by atoms with E-state index in [0.717, 1.165) is 4.90 Å². The maximum Gasteiger partial charge on any atom is 0.320 e. The third kappa shape index (κ3) is 6.22. The van der Waals surface area contributed by atoms with Crippen LogP contribution >= 0.6 is 11.8 Å². The first-order valence-corrected chi connectivity index (χ1v) is 15.9. The van der Waals surface area contributed by atoms with E-state index in [0.29, 0.717) is 19.4 Å². The summed E-state index contributed by atoms with van der Waals surface area (Å²) in [5.41, 5.74) is 0. The Balaban J connectivity index is 1.51. The molecule has 7 heteroatoms. The first-order chi connectivity index (χ1) is 18.2. The molecular formula is C31H36O5SSi. The zero-order valence-corrected chi connectivity index (χ0v) is 24.0. The number of carboxylic acids is 1. The van der Waals surface area contributed by atoms with Crippen LogP contribution in [0.3, 0.4) is 0 Å². The van der Waals surface area contributed by atoms with E-state index in [9.17, 15) is 14.7 Å². The van der Waals surface area contributed by atoms with Gasteiger partial charge in [-0.1, -0.05) is 99.6 Å². The summed E-state index contributed by atoms with van der Waals surface area (Å²) in [4.78, 5) is 25.4. The van der Waals surface area contributed by atoms with E-state index in [1.807, 2.05) is 42.5 Å². The van der Waals surface area contributed by atoms with Gasteiger partial charge in [-0.05, 0) is 40.4 Å². The molecule has 1 saturated heterocycles. The third-order valence-electron chi connectivity index (χ3n) is 7.15. The van der Waals surface area contributed by atoms with Crippen molar-refractivity contribution < 1.29 is 23.9 Å². The van der Waals surface area contributed by atoms with Crippen molar-refractivity contribution >= 4 is 42.4 Å². The molecule has 0 bridgehead atoms. The molecule has 1 heterocycles. The highest BCUT2D eigenvalue weighted by Crippen LogP contribution is 2.40. The number of esters is 1. The molecule has 3 aromatic carbocycles. The Morgan fingerprint density at radius 1 is 0.921 bits per heavy atom. The van der Waals surface area contributed by atoms with E-state index in [1.54, 1.807) is 0 Å². The van der Waals surface area contributed by atoms with Gasteiger partial charge in [-0.3, -0.25) is 9.59 Å². The second-order valence-corrected chi connectivity index (χ2v) is 16.3. The van der Waals surface area contributed by atoms with Gasteiger partial charge in [0.2, 0.25) is 0 Å². The van der Waals surface area contributed by atoms with Crippen molar-refractivity contribution in [3.8, 4) is 0 Å². The van der Waals surface area contributed by atoms with Gasteiger partial charge in [0, 0.05) is 17.4 Å². The quantitative estimate of drug-likeness (QED) is 0.193. The van der Waals surface area contributed by atoms with Gasteiger partial charge in [-0.2, -0.15) is 0 Å². The monoisotopic (exact) mass is 548 g/mol. The lowest BCUT2D eigenvalue weighted by molar-refractivity contribution is -0.142. The van der Waals surface area contributed by atoms with E-state index in [1.165, 1.54) is 22.1 Å². The third-order valence-corrected chi connectivity index (χ3v) is 13.5. The molecule has 0 aliphatic carbocycles. The SMILES string of the molecule is CC(C)(C)[Si](OCCC[C@H]1OC(=O)[C@@H](Sc2ccccc2)[C@@H]1CC(=O)O)(c1ccccc1)c1ccccc1. The zero-order valence-electron chi connectivity index (χ0n) is 22.2. The number of rotatable bonds is 11. The summed E-state index contributed by atoms with van der Waals surface area (Å²) in [6, 6.07) is 30.6. The van der Waals surface area contributed by atoms with Gasteiger partial charge >= 0.3 is 11.9 Å². The molecule has 0 saturated carbocycles. The van der Waals surface area contributed by atoms with Crippen LogP contribution in [0.4, 0.5) is 0 Å². The summed E-state index contributed by atoms with van der Waals surface area (Å²) >= 11 is 1.39. The van der Waals surface area contributed by atoms with Crippen LogP contribution in [-0.2, 0) is 18.8 Å². The summed E-state index contributed by atoms with van der Waals surface area (Å²) < 4.78 is 12.7. The molecule has 1 aliphatic rings.